The number of aromatic amines is 1. The van der Waals surface area contributed by atoms with Gasteiger partial charge in [0.25, 0.3) is 5.56 Å². The third-order valence-electron chi connectivity index (χ3n) is 1.81. The quantitative estimate of drug-likeness (QED) is 0.579. The molecule has 0 aromatic carbocycles. The van der Waals surface area contributed by atoms with Crippen molar-refractivity contribution in [1.82, 2.24) is 9.55 Å². The molecular weight excluding hydrogens is 235 g/mol. The van der Waals surface area contributed by atoms with Gasteiger partial charge in [0.2, 0.25) is 11.7 Å². The summed E-state index contributed by atoms with van der Waals surface area (Å²) in [4.78, 5) is 23.8. The van der Waals surface area contributed by atoms with Crippen LogP contribution in [0.3, 0.4) is 0 Å². The molecule has 0 aliphatic carbocycles. The largest absolute Gasteiger partial charge is 0.492 e. The first kappa shape index (κ1) is 12.6. The molecule has 0 saturated heterocycles. The molecular formula is C9H11FN2O3S. The van der Waals surface area contributed by atoms with Gasteiger partial charge in [0.1, 0.15) is 0 Å². The Hall–Kier alpha value is -1.50. The molecule has 0 spiro atoms. The van der Waals surface area contributed by atoms with Crippen LogP contribution in [0, 0.1) is 5.82 Å². The molecule has 0 unspecified atom stereocenters. The molecule has 0 amide bonds. The molecule has 0 aliphatic rings. The smallest absolute Gasteiger partial charge is 0.331 e. The summed E-state index contributed by atoms with van der Waals surface area (Å²) in [6.45, 7) is 3.64. The first-order valence-corrected chi connectivity index (χ1v) is 5.63. The maximum atomic E-state index is 13.0. The number of thioether (sulfide) groups is 1. The van der Waals surface area contributed by atoms with Crippen LogP contribution in [0.4, 0.5) is 4.39 Å². The number of aromatic nitrogens is 2. The van der Waals surface area contributed by atoms with E-state index in [4.69, 9.17) is 0 Å². The van der Waals surface area contributed by atoms with Gasteiger partial charge in [-0.1, -0.05) is 6.08 Å². The van der Waals surface area contributed by atoms with E-state index < -0.39 is 22.9 Å². The van der Waals surface area contributed by atoms with Gasteiger partial charge in [-0.2, -0.15) is 16.2 Å². The summed E-state index contributed by atoms with van der Waals surface area (Å²) in [7, 11) is 0. The van der Waals surface area contributed by atoms with Gasteiger partial charge in [0.15, 0.2) is 0 Å². The molecule has 16 heavy (non-hydrogen) atoms. The standard InChI is InChI=1S/C9H11FN2O3S/c1-2-4-16-5-3-12-8(14)6(10)7(13)11-9(12)15/h2,14H,1,3-5H2,(H,11,13,15). The highest BCUT2D eigenvalue weighted by atomic mass is 32.2. The number of hydrogen-bond donors (Lipinski definition) is 2. The van der Waals surface area contributed by atoms with E-state index in [0.29, 0.717) is 11.5 Å². The van der Waals surface area contributed by atoms with E-state index in [0.717, 1.165) is 4.57 Å². The fraction of sp³-hybridized carbons (Fsp3) is 0.333. The SMILES string of the molecule is C=CCSCCn1c(O)c(F)c(=O)[nH]c1=O. The zero-order chi connectivity index (χ0) is 12.1. The number of H-pyrrole nitrogens is 1. The average molecular weight is 246 g/mol. The summed E-state index contributed by atoms with van der Waals surface area (Å²) in [6, 6.07) is 0. The lowest BCUT2D eigenvalue weighted by Gasteiger charge is -2.06. The molecule has 1 aromatic rings. The molecule has 0 saturated carbocycles. The first-order valence-electron chi connectivity index (χ1n) is 4.48. The van der Waals surface area contributed by atoms with E-state index in [2.05, 4.69) is 6.58 Å². The van der Waals surface area contributed by atoms with Crippen molar-refractivity contribution in [2.45, 2.75) is 6.54 Å². The molecule has 1 aromatic heterocycles. The maximum absolute atomic E-state index is 13.0. The molecule has 5 nitrogen and oxygen atoms in total. The van der Waals surface area contributed by atoms with E-state index in [1.165, 1.54) is 11.8 Å². The molecule has 0 fully saturated rings. The van der Waals surface area contributed by atoms with Gasteiger partial charge in [-0.15, -0.1) is 6.58 Å². The second-order valence-electron chi connectivity index (χ2n) is 2.91. The number of aromatic hydroxyl groups is 1. The Labute approximate surface area is 94.6 Å². The summed E-state index contributed by atoms with van der Waals surface area (Å²) in [6.07, 6.45) is 1.70. The summed E-state index contributed by atoms with van der Waals surface area (Å²) in [5.41, 5.74) is -2.03. The summed E-state index contributed by atoms with van der Waals surface area (Å²) < 4.78 is 13.8. The van der Waals surface area contributed by atoms with Crippen LogP contribution in [0.1, 0.15) is 0 Å². The van der Waals surface area contributed by atoms with E-state index in [9.17, 15) is 19.1 Å². The predicted octanol–water partition coefficient (Wildman–Crippen LogP) is 0.300. The van der Waals surface area contributed by atoms with Crippen molar-refractivity contribution in [3.8, 4) is 5.88 Å². The number of halogens is 1. The van der Waals surface area contributed by atoms with Crippen molar-refractivity contribution in [2.75, 3.05) is 11.5 Å². The Morgan fingerprint density at radius 1 is 1.56 bits per heavy atom. The fourth-order valence-corrected chi connectivity index (χ4v) is 1.71. The van der Waals surface area contributed by atoms with Crippen LogP contribution in [0.15, 0.2) is 22.2 Å². The third kappa shape index (κ3) is 2.75. The average Bonchev–Trinajstić information content (AvgIpc) is 2.25. The Balaban J connectivity index is 2.88. The molecule has 7 heteroatoms. The highest BCUT2D eigenvalue weighted by Crippen LogP contribution is 2.09. The number of hydrogen-bond acceptors (Lipinski definition) is 4. The van der Waals surface area contributed by atoms with Crippen LogP contribution >= 0.6 is 11.8 Å². The summed E-state index contributed by atoms with van der Waals surface area (Å²) in [5.74, 6) is -1.06. The molecule has 88 valence electrons. The van der Waals surface area contributed by atoms with Crippen LogP contribution in [-0.4, -0.2) is 26.2 Å². The third-order valence-corrected chi connectivity index (χ3v) is 2.75. The lowest BCUT2D eigenvalue weighted by molar-refractivity contribution is 0.365. The monoisotopic (exact) mass is 246 g/mol. The van der Waals surface area contributed by atoms with Gasteiger partial charge >= 0.3 is 5.69 Å². The Bertz CT molecular complexity index is 495. The molecule has 0 radical (unpaired) electrons. The fourth-order valence-electron chi connectivity index (χ4n) is 1.07. The van der Waals surface area contributed by atoms with Crippen molar-refractivity contribution in [3.05, 3.63) is 39.3 Å². The summed E-state index contributed by atoms with van der Waals surface area (Å²) in [5, 5.41) is 9.25. The van der Waals surface area contributed by atoms with Gasteiger partial charge in [-0.25, -0.2) is 4.79 Å². The van der Waals surface area contributed by atoms with Gasteiger partial charge in [0, 0.05) is 18.1 Å². The number of nitrogens with zero attached hydrogens (tertiary/aromatic N) is 1. The van der Waals surface area contributed by atoms with E-state index in [1.54, 1.807) is 11.1 Å². The Kier molecular flexibility index (Phi) is 4.36. The van der Waals surface area contributed by atoms with Crippen LogP contribution < -0.4 is 11.2 Å². The zero-order valence-electron chi connectivity index (χ0n) is 8.40. The lowest BCUT2D eigenvalue weighted by Crippen LogP contribution is -2.32. The van der Waals surface area contributed by atoms with Crippen LogP contribution in [0.25, 0.3) is 0 Å². The molecule has 1 heterocycles. The van der Waals surface area contributed by atoms with Gasteiger partial charge in [-0.05, 0) is 0 Å². The number of rotatable bonds is 5. The maximum Gasteiger partial charge on any atom is 0.331 e. The van der Waals surface area contributed by atoms with Gasteiger partial charge in [0.05, 0.1) is 0 Å². The molecule has 2 N–H and O–H groups in total. The minimum absolute atomic E-state index is 0.122. The van der Waals surface area contributed by atoms with Gasteiger partial charge < -0.3 is 5.11 Å². The van der Waals surface area contributed by atoms with Crippen LogP contribution in [0.2, 0.25) is 0 Å². The van der Waals surface area contributed by atoms with Crippen molar-refractivity contribution in [1.29, 1.82) is 0 Å². The summed E-state index contributed by atoms with van der Waals surface area (Å²) >= 11 is 1.47. The highest BCUT2D eigenvalue weighted by molar-refractivity contribution is 7.99. The molecule has 0 atom stereocenters. The van der Waals surface area contributed by atoms with Crippen molar-refractivity contribution < 1.29 is 9.50 Å². The second kappa shape index (κ2) is 5.55. The van der Waals surface area contributed by atoms with Crippen LogP contribution in [-0.2, 0) is 6.54 Å². The predicted molar refractivity (Wildman–Crippen MR) is 60.5 cm³/mol. The van der Waals surface area contributed by atoms with Crippen LogP contribution in [0.5, 0.6) is 5.88 Å². The number of nitrogens with one attached hydrogen (secondary N) is 1. The zero-order valence-corrected chi connectivity index (χ0v) is 9.22. The second-order valence-corrected chi connectivity index (χ2v) is 4.06. The van der Waals surface area contributed by atoms with Crippen molar-refractivity contribution >= 4 is 11.8 Å². The van der Waals surface area contributed by atoms with Gasteiger partial charge in [-0.3, -0.25) is 14.3 Å². The first-order chi connectivity index (χ1) is 7.57. The minimum atomic E-state index is -1.34. The van der Waals surface area contributed by atoms with E-state index in [-0.39, 0.29) is 6.54 Å². The van der Waals surface area contributed by atoms with Crippen molar-refractivity contribution in [3.63, 3.8) is 0 Å². The topological polar surface area (TPSA) is 75.1 Å². The lowest BCUT2D eigenvalue weighted by atomic mass is 10.5. The Morgan fingerprint density at radius 3 is 2.88 bits per heavy atom. The molecule has 1 rings (SSSR count). The molecule has 0 aliphatic heterocycles. The van der Waals surface area contributed by atoms with E-state index in [1.807, 2.05) is 0 Å². The normalized spacial score (nSPS) is 10.3. The van der Waals surface area contributed by atoms with Crippen molar-refractivity contribution in [2.24, 2.45) is 0 Å². The van der Waals surface area contributed by atoms with E-state index >= 15 is 0 Å². The highest BCUT2D eigenvalue weighted by Gasteiger charge is 2.12. The molecule has 0 bridgehead atoms. The minimum Gasteiger partial charge on any atom is -0.492 e. The Morgan fingerprint density at radius 2 is 2.25 bits per heavy atom.